The number of rotatable bonds is 14. The monoisotopic (exact) mass is 532 g/mol. The van der Waals surface area contributed by atoms with Gasteiger partial charge in [0.2, 0.25) is 0 Å². The molecule has 0 spiro atoms. The fraction of sp³-hybridized carbons (Fsp3) is 0.536. The van der Waals surface area contributed by atoms with Crippen LogP contribution in [0.3, 0.4) is 0 Å². The highest BCUT2D eigenvalue weighted by atomic mass is 32.2. The molecule has 2 fully saturated rings. The Morgan fingerprint density at radius 2 is 1.35 bits per heavy atom. The molecule has 0 bridgehead atoms. The fourth-order valence-corrected chi connectivity index (χ4v) is 5.34. The van der Waals surface area contributed by atoms with Gasteiger partial charge in [0.15, 0.2) is 0 Å². The van der Waals surface area contributed by atoms with E-state index in [1.807, 2.05) is 55.5 Å². The van der Waals surface area contributed by atoms with Crippen molar-refractivity contribution in [1.82, 2.24) is 0 Å². The highest BCUT2D eigenvalue weighted by molar-refractivity contribution is 7.90. The first kappa shape index (κ1) is 27.4. The first-order valence-electron chi connectivity index (χ1n) is 12.7. The molecule has 0 aromatic heterocycles. The standard InChI is InChI=1S/C28H36O8S/c1-3-34-26(29)17-28(20-33-21-28)23-7-11-25(12-8-23)36-15-13-27(18-32-19-27)22-5-9-24(10-6-22)35-14-4-16-37(2,30)31/h5-12H,3-4,13-21H2,1-2H3. The molecular formula is C28H36O8S. The van der Waals surface area contributed by atoms with Crippen molar-refractivity contribution in [2.45, 2.75) is 37.0 Å². The molecule has 2 aliphatic heterocycles. The lowest BCUT2D eigenvalue weighted by Gasteiger charge is -2.42. The molecule has 2 aromatic rings. The van der Waals surface area contributed by atoms with E-state index in [0.717, 1.165) is 23.5 Å². The fourth-order valence-electron chi connectivity index (χ4n) is 4.70. The van der Waals surface area contributed by atoms with Crippen molar-refractivity contribution in [3.05, 3.63) is 59.7 Å². The van der Waals surface area contributed by atoms with Crippen molar-refractivity contribution in [2.24, 2.45) is 0 Å². The highest BCUT2D eigenvalue weighted by Gasteiger charge is 2.43. The molecule has 2 aliphatic rings. The van der Waals surface area contributed by atoms with E-state index in [0.29, 0.717) is 59.1 Å². The number of esters is 1. The molecule has 0 saturated carbocycles. The van der Waals surface area contributed by atoms with Gasteiger partial charge in [-0.2, -0.15) is 0 Å². The van der Waals surface area contributed by atoms with E-state index >= 15 is 0 Å². The van der Waals surface area contributed by atoms with E-state index < -0.39 is 9.84 Å². The quantitative estimate of drug-likeness (QED) is 0.270. The van der Waals surface area contributed by atoms with E-state index in [2.05, 4.69) is 0 Å². The van der Waals surface area contributed by atoms with Crippen molar-refractivity contribution >= 4 is 15.8 Å². The first-order chi connectivity index (χ1) is 17.7. The zero-order valence-corrected chi connectivity index (χ0v) is 22.4. The van der Waals surface area contributed by atoms with Gasteiger partial charge >= 0.3 is 5.97 Å². The van der Waals surface area contributed by atoms with Gasteiger partial charge in [0.05, 0.1) is 63.8 Å². The van der Waals surface area contributed by atoms with Crippen LogP contribution in [0.2, 0.25) is 0 Å². The van der Waals surface area contributed by atoms with Crippen molar-refractivity contribution in [1.29, 1.82) is 0 Å². The molecule has 0 aliphatic carbocycles. The smallest absolute Gasteiger partial charge is 0.306 e. The maximum atomic E-state index is 12.0. The molecular weight excluding hydrogens is 496 g/mol. The predicted octanol–water partition coefficient (Wildman–Crippen LogP) is 3.46. The number of carbonyl (C=O) groups is 1. The van der Waals surface area contributed by atoms with Gasteiger partial charge in [-0.25, -0.2) is 8.42 Å². The Balaban J connectivity index is 1.28. The Kier molecular flexibility index (Phi) is 8.77. The summed E-state index contributed by atoms with van der Waals surface area (Å²) < 4.78 is 50.4. The number of hydrogen-bond acceptors (Lipinski definition) is 8. The Morgan fingerprint density at radius 3 is 1.81 bits per heavy atom. The minimum Gasteiger partial charge on any atom is -0.494 e. The van der Waals surface area contributed by atoms with Gasteiger partial charge in [-0.1, -0.05) is 24.3 Å². The zero-order chi connectivity index (χ0) is 26.4. The third-order valence-corrected chi connectivity index (χ3v) is 8.04. The number of benzene rings is 2. The summed E-state index contributed by atoms with van der Waals surface area (Å²) in [4.78, 5) is 12.0. The van der Waals surface area contributed by atoms with Crippen molar-refractivity contribution < 1.29 is 36.9 Å². The van der Waals surface area contributed by atoms with Crippen LogP contribution in [0.5, 0.6) is 11.5 Å². The highest BCUT2D eigenvalue weighted by Crippen LogP contribution is 2.38. The summed E-state index contributed by atoms with van der Waals surface area (Å²) in [5, 5.41) is 0. The summed E-state index contributed by atoms with van der Waals surface area (Å²) in [6.07, 6.45) is 2.82. The summed E-state index contributed by atoms with van der Waals surface area (Å²) in [6.45, 7) is 5.40. The second kappa shape index (κ2) is 11.8. The lowest BCUT2D eigenvalue weighted by molar-refractivity contribution is -0.151. The molecule has 37 heavy (non-hydrogen) atoms. The Bertz CT molecular complexity index is 1130. The van der Waals surface area contributed by atoms with Gasteiger partial charge < -0.3 is 23.7 Å². The average molecular weight is 533 g/mol. The second-order valence-corrected chi connectivity index (χ2v) is 12.3. The molecule has 0 unspecified atom stereocenters. The van der Waals surface area contributed by atoms with Gasteiger partial charge in [-0.15, -0.1) is 0 Å². The topological polar surface area (TPSA) is 97.4 Å². The SMILES string of the molecule is CCOC(=O)CC1(c2ccc(OCCC3(c4ccc(OCCCS(C)(=O)=O)cc4)COC3)cc2)COC1. The molecule has 0 amide bonds. The van der Waals surface area contributed by atoms with Crippen LogP contribution in [0.15, 0.2) is 48.5 Å². The van der Waals surface area contributed by atoms with E-state index in [1.54, 1.807) is 0 Å². The summed E-state index contributed by atoms with van der Waals surface area (Å²) in [7, 11) is -2.97. The Hall–Kier alpha value is -2.62. The maximum Gasteiger partial charge on any atom is 0.306 e. The average Bonchev–Trinajstić information content (AvgIpc) is 2.81. The van der Waals surface area contributed by atoms with Crippen molar-refractivity contribution in [3.8, 4) is 11.5 Å². The largest absolute Gasteiger partial charge is 0.494 e. The van der Waals surface area contributed by atoms with E-state index in [9.17, 15) is 13.2 Å². The number of carbonyl (C=O) groups excluding carboxylic acids is 1. The normalized spacial score (nSPS) is 17.8. The van der Waals surface area contributed by atoms with Crippen LogP contribution in [0.25, 0.3) is 0 Å². The number of ether oxygens (including phenoxy) is 5. The minimum absolute atomic E-state index is 0.0955. The first-order valence-corrected chi connectivity index (χ1v) is 14.8. The number of sulfone groups is 1. The van der Waals surface area contributed by atoms with Crippen LogP contribution >= 0.6 is 0 Å². The van der Waals surface area contributed by atoms with Gasteiger partial charge in [0.25, 0.3) is 0 Å². The molecule has 9 heteroatoms. The molecule has 0 atom stereocenters. The lowest BCUT2D eigenvalue weighted by atomic mass is 9.76. The Morgan fingerprint density at radius 1 is 0.838 bits per heavy atom. The zero-order valence-electron chi connectivity index (χ0n) is 21.6. The van der Waals surface area contributed by atoms with E-state index in [-0.39, 0.29) is 22.6 Å². The summed E-state index contributed by atoms with van der Waals surface area (Å²) in [5.41, 5.74) is 1.82. The summed E-state index contributed by atoms with van der Waals surface area (Å²) in [6, 6.07) is 15.8. The summed E-state index contributed by atoms with van der Waals surface area (Å²) >= 11 is 0. The molecule has 2 aromatic carbocycles. The summed E-state index contributed by atoms with van der Waals surface area (Å²) in [5.74, 6) is 1.42. The molecule has 2 heterocycles. The molecule has 4 rings (SSSR count). The molecule has 0 radical (unpaired) electrons. The third-order valence-electron chi connectivity index (χ3n) is 7.01. The van der Waals surface area contributed by atoms with Crippen LogP contribution in [-0.4, -0.2) is 72.6 Å². The van der Waals surface area contributed by atoms with Crippen LogP contribution in [-0.2, 0) is 39.7 Å². The van der Waals surface area contributed by atoms with Gasteiger partial charge in [-0.3, -0.25) is 4.79 Å². The molecule has 8 nitrogen and oxygen atoms in total. The van der Waals surface area contributed by atoms with Crippen LogP contribution in [0, 0.1) is 0 Å². The second-order valence-electron chi connectivity index (χ2n) is 10.0. The lowest BCUT2D eigenvalue weighted by Crippen LogP contribution is -2.48. The maximum absolute atomic E-state index is 12.0. The Labute approximate surface area is 219 Å². The van der Waals surface area contributed by atoms with Crippen LogP contribution < -0.4 is 9.47 Å². The molecule has 2 saturated heterocycles. The van der Waals surface area contributed by atoms with Gasteiger partial charge in [-0.05, 0) is 55.2 Å². The van der Waals surface area contributed by atoms with Crippen LogP contribution in [0.1, 0.15) is 37.3 Å². The van der Waals surface area contributed by atoms with Gasteiger partial charge in [0.1, 0.15) is 21.3 Å². The third kappa shape index (κ3) is 7.03. The number of hydrogen-bond donors (Lipinski definition) is 0. The van der Waals surface area contributed by atoms with Crippen molar-refractivity contribution in [3.63, 3.8) is 0 Å². The molecule has 202 valence electrons. The molecule has 0 N–H and O–H groups in total. The van der Waals surface area contributed by atoms with Crippen molar-refractivity contribution in [2.75, 3.05) is 58.3 Å². The minimum atomic E-state index is -2.97. The van der Waals surface area contributed by atoms with Crippen LogP contribution in [0.4, 0.5) is 0 Å². The van der Waals surface area contributed by atoms with E-state index in [1.165, 1.54) is 11.8 Å². The van der Waals surface area contributed by atoms with E-state index in [4.69, 9.17) is 23.7 Å². The predicted molar refractivity (Wildman–Crippen MR) is 139 cm³/mol. The van der Waals surface area contributed by atoms with Gasteiger partial charge in [0, 0.05) is 11.7 Å².